The number of aryl methyl sites for hydroxylation is 1. The summed E-state index contributed by atoms with van der Waals surface area (Å²) >= 11 is 1.48. The predicted octanol–water partition coefficient (Wildman–Crippen LogP) is 2.58. The van der Waals surface area contributed by atoms with Crippen LogP contribution in [0.1, 0.15) is 46.8 Å². The van der Waals surface area contributed by atoms with Crippen molar-refractivity contribution < 1.29 is 4.79 Å². The van der Waals surface area contributed by atoms with Crippen LogP contribution >= 0.6 is 11.3 Å². The fraction of sp³-hybridized carbons (Fsp3) is 0.588. The Bertz CT molecular complexity index is 693. The van der Waals surface area contributed by atoms with Gasteiger partial charge in [0.2, 0.25) is 0 Å². The Morgan fingerprint density at radius 1 is 1.25 bits per heavy atom. The molecular weight excluding hydrogens is 322 g/mol. The molecule has 0 saturated carbocycles. The Hall–Kier alpha value is -1.73. The van der Waals surface area contributed by atoms with Gasteiger partial charge < -0.3 is 9.47 Å². The van der Waals surface area contributed by atoms with Crippen molar-refractivity contribution in [3.05, 3.63) is 34.3 Å². The van der Waals surface area contributed by atoms with Crippen molar-refractivity contribution in [2.45, 2.75) is 39.8 Å². The molecule has 0 aliphatic carbocycles. The number of nitrogens with zero attached hydrogens (tertiary/aromatic N) is 5. The van der Waals surface area contributed by atoms with Crippen LogP contribution in [0.2, 0.25) is 0 Å². The number of hydrogen-bond acceptors (Lipinski definition) is 5. The highest BCUT2D eigenvalue weighted by molar-refractivity contribution is 7.13. The third kappa shape index (κ3) is 3.84. The van der Waals surface area contributed by atoms with E-state index in [9.17, 15) is 4.79 Å². The van der Waals surface area contributed by atoms with Crippen molar-refractivity contribution >= 4 is 17.2 Å². The lowest BCUT2D eigenvalue weighted by Crippen LogP contribution is -2.35. The Balaban J connectivity index is 1.61. The van der Waals surface area contributed by atoms with E-state index < -0.39 is 0 Å². The van der Waals surface area contributed by atoms with Crippen LogP contribution < -0.4 is 0 Å². The molecular formula is C17H25N5OS. The first kappa shape index (κ1) is 17.1. The number of thiazole rings is 1. The number of amides is 1. The molecule has 3 rings (SSSR count). The Morgan fingerprint density at radius 2 is 2.08 bits per heavy atom. The zero-order chi connectivity index (χ0) is 17.1. The molecule has 0 atom stereocenters. The van der Waals surface area contributed by atoms with Crippen molar-refractivity contribution in [2.24, 2.45) is 0 Å². The monoisotopic (exact) mass is 347 g/mol. The highest BCUT2D eigenvalue weighted by Crippen LogP contribution is 2.17. The smallest absolute Gasteiger partial charge is 0.265 e. The van der Waals surface area contributed by atoms with E-state index >= 15 is 0 Å². The molecule has 0 radical (unpaired) electrons. The van der Waals surface area contributed by atoms with E-state index in [2.05, 4.69) is 33.3 Å². The van der Waals surface area contributed by atoms with Gasteiger partial charge in [-0.25, -0.2) is 9.97 Å². The van der Waals surface area contributed by atoms with Gasteiger partial charge >= 0.3 is 0 Å². The quantitative estimate of drug-likeness (QED) is 0.853. The van der Waals surface area contributed by atoms with Gasteiger partial charge in [-0.15, -0.1) is 11.3 Å². The summed E-state index contributed by atoms with van der Waals surface area (Å²) in [6, 6.07) is 0.419. The maximum absolute atomic E-state index is 12.6. The number of hydrogen-bond donors (Lipinski definition) is 0. The summed E-state index contributed by atoms with van der Waals surface area (Å²) < 4.78 is 2.22. The molecule has 1 aliphatic heterocycles. The van der Waals surface area contributed by atoms with E-state index in [4.69, 9.17) is 0 Å². The highest BCUT2D eigenvalue weighted by atomic mass is 32.1. The topological polar surface area (TPSA) is 54.3 Å². The maximum Gasteiger partial charge on any atom is 0.265 e. The highest BCUT2D eigenvalue weighted by Gasteiger charge is 2.22. The molecule has 0 bridgehead atoms. The first-order chi connectivity index (χ1) is 11.5. The molecule has 7 heteroatoms. The van der Waals surface area contributed by atoms with Crippen molar-refractivity contribution in [1.82, 2.24) is 24.3 Å². The number of imidazole rings is 1. The summed E-state index contributed by atoms with van der Waals surface area (Å²) in [4.78, 5) is 26.4. The molecule has 1 fully saturated rings. The third-order valence-electron chi connectivity index (χ3n) is 4.38. The summed E-state index contributed by atoms with van der Waals surface area (Å²) in [6.07, 6.45) is 6.60. The molecule has 1 saturated heterocycles. The minimum atomic E-state index is 0.117. The van der Waals surface area contributed by atoms with Crippen LogP contribution in [0.25, 0.3) is 0 Å². The minimum absolute atomic E-state index is 0.117. The van der Waals surface area contributed by atoms with E-state index in [1.807, 2.05) is 24.2 Å². The second kappa shape index (κ2) is 7.44. The molecule has 3 heterocycles. The van der Waals surface area contributed by atoms with Gasteiger partial charge in [0.15, 0.2) is 0 Å². The maximum atomic E-state index is 12.6. The van der Waals surface area contributed by atoms with Gasteiger partial charge in [-0.1, -0.05) is 0 Å². The molecule has 0 spiro atoms. The van der Waals surface area contributed by atoms with E-state index in [1.165, 1.54) is 11.3 Å². The van der Waals surface area contributed by atoms with Gasteiger partial charge in [-0.2, -0.15) is 0 Å². The molecule has 1 amide bonds. The number of carbonyl (C=O) groups is 1. The third-order valence-corrected chi connectivity index (χ3v) is 5.28. The van der Waals surface area contributed by atoms with Crippen LogP contribution in [-0.4, -0.2) is 56.4 Å². The van der Waals surface area contributed by atoms with Crippen LogP contribution in [0.15, 0.2) is 18.6 Å². The van der Waals surface area contributed by atoms with E-state index in [0.29, 0.717) is 6.04 Å². The lowest BCUT2D eigenvalue weighted by molar-refractivity contribution is 0.0765. The molecule has 2 aromatic heterocycles. The molecule has 0 N–H and O–H groups in total. The van der Waals surface area contributed by atoms with Crippen molar-refractivity contribution in [3.8, 4) is 0 Å². The van der Waals surface area contributed by atoms with E-state index in [-0.39, 0.29) is 5.91 Å². The summed E-state index contributed by atoms with van der Waals surface area (Å²) in [5.41, 5.74) is 0. The SMILES string of the molecule is Cc1ncc(C(=O)N2CCCN(Cc3nccn3C(C)C)CC2)s1. The van der Waals surface area contributed by atoms with Gasteiger partial charge in [0.25, 0.3) is 5.91 Å². The van der Waals surface area contributed by atoms with Crippen LogP contribution in [0, 0.1) is 6.92 Å². The average molecular weight is 347 g/mol. The van der Waals surface area contributed by atoms with Crippen LogP contribution in [-0.2, 0) is 6.54 Å². The van der Waals surface area contributed by atoms with Crippen molar-refractivity contribution in [2.75, 3.05) is 26.2 Å². The molecule has 6 nitrogen and oxygen atoms in total. The number of rotatable bonds is 4. The van der Waals surface area contributed by atoms with Crippen molar-refractivity contribution in [3.63, 3.8) is 0 Å². The molecule has 0 unspecified atom stereocenters. The van der Waals surface area contributed by atoms with Crippen LogP contribution in [0.4, 0.5) is 0 Å². The van der Waals surface area contributed by atoms with Gasteiger partial charge in [0.1, 0.15) is 10.7 Å². The zero-order valence-corrected chi connectivity index (χ0v) is 15.4. The largest absolute Gasteiger partial charge is 0.337 e. The van der Waals surface area contributed by atoms with E-state index in [0.717, 1.165) is 54.9 Å². The second-order valence-electron chi connectivity index (χ2n) is 6.51. The lowest BCUT2D eigenvalue weighted by Gasteiger charge is -2.22. The lowest BCUT2D eigenvalue weighted by atomic mass is 10.3. The number of carbonyl (C=O) groups excluding carboxylic acids is 1. The summed E-state index contributed by atoms with van der Waals surface area (Å²) in [7, 11) is 0. The summed E-state index contributed by atoms with van der Waals surface area (Å²) in [5, 5.41) is 0.940. The van der Waals surface area contributed by atoms with Crippen LogP contribution in [0.3, 0.4) is 0 Å². The predicted molar refractivity (Wildman–Crippen MR) is 95.3 cm³/mol. The standard InChI is InChI=1S/C17H25N5OS/c1-13(2)22-8-5-18-16(22)12-20-6-4-7-21(10-9-20)17(23)15-11-19-14(3)24-15/h5,8,11,13H,4,6-7,9-10,12H2,1-3H3. The molecule has 1 aliphatic rings. The Labute approximate surface area is 147 Å². The fourth-order valence-electron chi connectivity index (χ4n) is 3.08. The minimum Gasteiger partial charge on any atom is -0.337 e. The van der Waals surface area contributed by atoms with Gasteiger partial charge in [-0.05, 0) is 27.2 Å². The normalized spacial score (nSPS) is 16.6. The molecule has 24 heavy (non-hydrogen) atoms. The van der Waals surface area contributed by atoms with Gasteiger partial charge in [0, 0.05) is 44.6 Å². The molecule has 2 aromatic rings. The summed E-state index contributed by atoms with van der Waals surface area (Å²) in [6.45, 7) is 10.6. The summed E-state index contributed by atoms with van der Waals surface area (Å²) in [5.74, 6) is 1.22. The van der Waals surface area contributed by atoms with Gasteiger partial charge in [0.05, 0.1) is 17.7 Å². The Morgan fingerprint density at radius 3 is 2.79 bits per heavy atom. The molecule has 130 valence electrons. The second-order valence-corrected chi connectivity index (χ2v) is 7.74. The van der Waals surface area contributed by atoms with Crippen molar-refractivity contribution in [1.29, 1.82) is 0 Å². The van der Waals surface area contributed by atoms with E-state index in [1.54, 1.807) is 6.20 Å². The van der Waals surface area contributed by atoms with Gasteiger partial charge in [-0.3, -0.25) is 9.69 Å². The first-order valence-corrected chi connectivity index (χ1v) is 9.32. The number of aromatic nitrogens is 3. The molecule has 0 aromatic carbocycles. The Kier molecular flexibility index (Phi) is 5.30. The fourth-order valence-corrected chi connectivity index (χ4v) is 3.83. The zero-order valence-electron chi connectivity index (χ0n) is 14.6. The average Bonchev–Trinajstić information content (AvgIpc) is 3.11. The first-order valence-electron chi connectivity index (χ1n) is 8.50. The van der Waals surface area contributed by atoms with Crippen LogP contribution in [0.5, 0.6) is 0 Å².